The van der Waals surface area contributed by atoms with E-state index in [4.69, 9.17) is 4.74 Å². The molecule has 0 N–H and O–H groups in total. The second-order valence-corrected chi connectivity index (χ2v) is 3.35. The number of methoxy groups -OCH3 is 1. The first-order chi connectivity index (χ1) is 5.29. The third kappa shape index (κ3) is 1.94. The Morgan fingerprint density at radius 2 is 2.18 bits per heavy atom. The van der Waals surface area contributed by atoms with E-state index < -0.39 is 0 Å². The number of hydrogen-bond donors (Lipinski definition) is 0. The van der Waals surface area contributed by atoms with Crippen molar-refractivity contribution in [1.82, 2.24) is 4.90 Å². The van der Waals surface area contributed by atoms with E-state index in [1.165, 1.54) is 19.3 Å². The van der Waals surface area contributed by atoms with Crippen molar-refractivity contribution in [3.63, 3.8) is 0 Å². The fraction of sp³-hybridized carbons (Fsp3) is 1.00. The van der Waals surface area contributed by atoms with Crippen molar-refractivity contribution in [2.75, 3.05) is 20.7 Å². The Kier molecular flexibility index (Phi) is 3.34. The molecule has 0 amide bonds. The van der Waals surface area contributed by atoms with Gasteiger partial charge in [-0.25, -0.2) is 0 Å². The summed E-state index contributed by atoms with van der Waals surface area (Å²) in [5.74, 6) is 0. The smallest absolute Gasteiger partial charge is 0.0726 e. The highest BCUT2D eigenvalue weighted by Crippen LogP contribution is 2.25. The van der Waals surface area contributed by atoms with E-state index in [1.807, 2.05) is 7.11 Å². The lowest BCUT2D eigenvalue weighted by Crippen LogP contribution is -2.38. The molecule has 66 valence electrons. The van der Waals surface area contributed by atoms with Gasteiger partial charge in [0.25, 0.3) is 0 Å². The van der Waals surface area contributed by atoms with E-state index >= 15 is 0 Å². The number of nitrogens with zero attached hydrogens (tertiary/aromatic N) is 1. The maximum atomic E-state index is 5.41. The van der Waals surface area contributed by atoms with E-state index in [9.17, 15) is 0 Å². The Hall–Kier alpha value is -0.0800. The largest absolute Gasteiger partial charge is 0.380 e. The molecule has 11 heavy (non-hydrogen) atoms. The van der Waals surface area contributed by atoms with Crippen LogP contribution in [0.1, 0.15) is 26.2 Å². The molecule has 2 unspecified atom stereocenters. The van der Waals surface area contributed by atoms with Gasteiger partial charge in [0.2, 0.25) is 0 Å². The second kappa shape index (κ2) is 4.07. The van der Waals surface area contributed by atoms with Crippen LogP contribution in [0.3, 0.4) is 0 Å². The Balaban J connectivity index is 2.42. The molecule has 0 saturated heterocycles. The number of ether oxygens (including phenoxy) is 1. The second-order valence-electron chi connectivity index (χ2n) is 3.35. The first kappa shape index (κ1) is 9.01. The van der Waals surface area contributed by atoms with Crippen molar-refractivity contribution in [2.45, 2.75) is 38.3 Å². The zero-order valence-electron chi connectivity index (χ0n) is 7.84. The van der Waals surface area contributed by atoms with Crippen LogP contribution in [-0.2, 0) is 4.74 Å². The molecule has 2 nitrogen and oxygen atoms in total. The molecule has 0 aromatic carbocycles. The summed E-state index contributed by atoms with van der Waals surface area (Å²) in [7, 11) is 4.01. The first-order valence-electron chi connectivity index (χ1n) is 4.52. The average Bonchev–Trinajstić information content (AvgIpc) is 2.50. The molecule has 0 aromatic heterocycles. The fourth-order valence-corrected chi connectivity index (χ4v) is 1.92. The van der Waals surface area contributed by atoms with Crippen LogP contribution in [0, 0.1) is 0 Å². The van der Waals surface area contributed by atoms with Gasteiger partial charge in [-0.3, -0.25) is 0 Å². The molecule has 2 heteroatoms. The molecule has 0 aliphatic heterocycles. The summed E-state index contributed by atoms with van der Waals surface area (Å²) in [6.07, 6.45) is 4.36. The number of likely N-dealkylation sites (N-methyl/N-ethyl adjacent to an activating group) is 1. The van der Waals surface area contributed by atoms with Gasteiger partial charge < -0.3 is 9.64 Å². The van der Waals surface area contributed by atoms with E-state index in [1.54, 1.807) is 0 Å². The van der Waals surface area contributed by atoms with Gasteiger partial charge in [0.05, 0.1) is 6.10 Å². The molecule has 1 saturated carbocycles. The first-order valence-corrected chi connectivity index (χ1v) is 4.52. The Morgan fingerprint density at radius 3 is 2.73 bits per heavy atom. The van der Waals surface area contributed by atoms with Crippen LogP contribution in [0.25, 0.3) is 0 Å². The van der Waals surface area contributed by atoms with Gasteiger partial charge in [-0.15, -0.1) is 0 Å². The summed E-state index contributed by atoms with van der Waals surface area (Å²) in [5.41, 5.74) is 0. The highest BCUT2D eigenvalue weighted by Gasteiger charge is 2.29. The van der Waals surface area contributed by atoms with Crippen LogP contribution in [-0.4, -0.2) is 37.7 Å². The van der Waals surface area contributed by atoms with Crippen LogP contribution in [0.2, 0.25) is 0 Å². The van der Waals surface area contributed by atoms with E-state index in [0.717, 1.165) is 6.54 Å². The summed E-state index contributed by atoms with van der Waals surface area (Å²) in [6, 6.07) is 0.671. The summed E-state index contributed by atoms with van der Waals surface area (Å²) in [5, 5.41) is 0. The molecule has 0 radical (unpaired) electrons. The Labute approximate surface area is 69.5 Å². The zero-order valence-corrected chi connectivity index (χ0v) is 7.84. The van der Waals surface area contributed by atoms with Crippen LogP contribution in [0.4, 0.5) is 0 Å². The molecule has 0 heterocycles. The van der Waals surface area contributed by atoms with Gasteiger partial charge in [0.15, 0.2) is 0 Å². The maximum absolute atomic E-state index is 5.41. The van der Waals surface area contributed by atoms with E-state index in [2.05, 4.69) is 18.9 Å². The van der Waals surface area contributed by atoms with Crippen LogP contribution >= 0.6 is 0 Å². The topological polar surface area (TPSA) is 12.5 Å². The molecular weight excluding hydrogens is 138 g/mol. The van der Waals surface area contributed by atoms with E-state index in [-0.39, 0.29) is 0 Å². The molecule has 2 atom stereocenters. The quantitative estimate of drug-likeness (QED) is 0.615. The number of hydrogen-bond acceptors (Lipinski definition) is 2. The lowest BCUT2D eigenvalue weighted by Gasteiger charge is -2.27. The molecule has 0 bridgehead atoms. The highest BCUT2D eigenvalue weighted by molar-refractivity contribution is 4.84. The molecule has 0 spiro atoms. The minimum absolute atomic E-state index is 0.486. The summed E-state index contributed by atoms with van der Waals surface area (Å²) in [6.45, 7) is 3.33. The minimum atomic E-state index is 0.486. The minimum Gasteiger partial charge on any atom is -0.380 e. The normalized spacial score (nSPS) is 31.6. The zero-order chi connectivity index (χ0) is 8.27. The van der Waals surface area contributed by atoms with Crippen LogP contribution in [0.5, 0.6) is 0 Å². The van der Waals surface area contributed by atoms with Crippen molar-refractivity contribution in [1.29, 1.82) is 0 Å². The Morgan fingerprint density at radius 1 is 1.45 bits per heavy atom. The standard InChI is InChI=1S/C9H19NO/c1-4-10(2)8-6-5-7-9(8)11-3/h8-9H,4-7H2,1-3H3. The lowest BCUT2D eigenvalue weighted by atomic mass is 10.2. The summed E-state index contributed by atoms with van der Waals surface area (Å²) in [4.78, 5) is 2.39. The van der Waals surface area contributed by atoms with Crippen molar-refractivity contribution in [2.24, 2.45) is 0 Å². The van der Waals surface area contributed by atoms with Crippen LogP contribution < -0.4 is 0 Å². The third-order valence-corrected chi connectivity index (χ3v) is 2.79. The van der Waals surface area contributed by atoms with Gasteiger partial charge in [-0.2, -0.15) is 0 Å². The van der Waals surface area contributed by atoms with Gasteiger partial charge in [-0.1, -0.05) is 6.92 Å². The average molecular weight is 157 g/mol. The van der Waals surface area contributed by atoms with Gasteiger partial charge >= 0.3 is 0 Å². The predicted molar refractivity (Wildman–Crippen MR) is 46.7 cm³/mol. The SMILES string of the molecule is CCN(C)C1CCCC1OC. The fourth-order valence-electron chi connectivity index (χ4n) is 1.92. The van der Waals surface area contributed by atoms with Crippen LogP contribution in [0.15, 0.2) is 0 Å². The third-order valence-electron chi connectivity index (χ3n) is 2.79. The van der Waals surface area contributed by atoms with E-state index in [0.29, 0.717) is 12.1 Å². The number of rotatable bonds is 3. The monoisotopic (exact) mass is 157 g/mol. The Bertz CT molecular complexity index is 116. The van der Waals surface area contributed by atoms with Crippen molar-refractivity contribution < 1.29 is 4.74 Å². The summed E-state index contributed by atoms with van der Waals surface area (Å²) >= 11 is 0. The summed E-state index contributed by atoms with van der Waals surface area (Å²) < 4.78 is 5.41. The van der Waals surface area contributed by atoms with Crippen molar-refractivity contribution in [3.05, 3.63) is 0 Å². The highest BCUT2D eigenvalue weighted by atomic mass is 16.5. The van der Waals surface area contributed by atoms with Crippen molar-refractivity contribution >= 4 is 0 Å². The predicted octanol–water partition coefficient (Wildman–Crippen LogP) is 1.51. The molecule has 1 fully saturated rings. The molecule has 1 rings (SSSR count). The molecule has 1 aliphatic rings. The molecule has 1 aliphatic carbocycles. The van der Waals surface area contributed by atoms with Gasteiger partial charge in [-0.05, 0) is 32.9 Å². The molecular formula is C9H19NO. The maximum Gasteiger partial charge on any atom is 0.0726 e. The van der Waals surface area contributed by atoms with Crippen molar-refractivity contribution in [3.8, 4) is 0 Å². The lowest BCUT2D eigenvalue weighted by molar-refractivity contribution is 0.0450. The van der Waals surface area contributed by atoms with Gasteiger partial charge in [0, 0.05) is 13.2 Å². The molecule has 0 aromatic rings. The van der Waals surface area contributed by atoms with Gasteiger partial charge in [0.1, 0.15) is 0 Å².